The summed E-state index contributed by atoms with van der Waals surface area (Å²) < 4.78 is 17.0. The molecule has 0 aliphatic carbocycles. The fourth-order valence-electron chi connectivity index (χ4n) is 3.33. The molecule has 1 aromatic heterocycles. The number of likely N-dealkylation sites (N-methyl/N-ethyl adjacent to an activating group) is 1. The number of hydrogen-bond acceptors (Lipinski definition) is 7. The van der Waals surface area contributed by atoms with Gasteiger partial charge in [-0.1, -0.05) is 0 Å². The van der Waals surface area contributed by atoms with Crippen LogP contribution < -0.4 is 9.64 Å². The maximum absolute atomic E-state index is 11.7. The van der Waals surface area contributed by atoms with Crippen LogP contribution in [-0.2, 0) is 14.3 Å². The molecule has 1 amide bonds. The lowest BCUT2D eigenvalue weighted by molar-refractivity contribution is -0.135. The highest BCUT2D eigenvalue weighted by Gasteiger charge is 2.43. The number of methoxy groups -OCH3 is 1. The van der Waals surface area contributed by atoms with Crippen LogP contribution in [0.3, 0.4) is 0 Å². The second-order valence-corrected chi connectivity index (χ2v) is 6.82. The Kier molecular flexibility index (Phi) is 5.39. The number of amides is 1. The molecule has 1 spiro atoms. The Bertz CT molecular complexity index is 602. The van der Waals surface area contributed by atoms with Crippen LogP contribution in [0.15, 0.2) is 12.4 Å². The van der Waals surface area contributed by atoms with Gasteiger partial charge in [0.25, 0.3) is 0 Å². The van der Waals surface area contributed by atoms with E-state index >= 15 is 0 Å². The minimum Gasteiger partial charge on any atom is -0.481 e. The molecule has 2 aliphatic rings. The van der Waals surface area contributed by atoms with Crippen LogP contribution in [0, 0.1) is 0 Å². The van der Waals surface area contributed by atoms with Gasteiger partial charge in [0.2, 0.25) is 11.8 Å². The molecular weight excluding hydrogens is 324 g/mol. The van der Waals surface area contributed by atoms with E-state index in [0.29, 0.717) is 12.5 Å². The normalized spacial score (nSPS) is 22.2. The average Bonchev–Trinajstić information content (AvgIpc) is 3.03. The van der Waals surface area contributed by atoms with Crippen molar-refractivity contribution in [2.24, 2.45) is 0 Å². The number of nitrogens with zero attached hydrogens (tertiary/aromatic N) is 4. The Hall–Kier alpha value is -1.93. The molecule has 0 unspecified atom stereocenters. The number of hydrogen-bond donors (Lipinski definition) is 0. The zero-order valence-corrected chi connectivity index (χ0v) is 15.1. The van der Waals surface area contributed by atoms with Crippen LogP contribution in [0.2, 0.25) is 0 Å². The summed E-state index contributed by atoms with van der Waals surface area (Å²) in [6, 6.07) is 1.85. The van der Waals surface area contributed by atoms with Crippen molar-refractivity contribution in [1.82, 2.24) is 14.9 Å². The number of piperidine rings is 1. The monoisotopic (exact) mass is 350 g/mol. The Morgan fingerprint density at radius 2 is 2.16 bits per heavy atom. The van der Waals surface area contributed by atoms with Crippen LogP contribution in [-0.4, -0.2) is 80.0 Å². The lowest BCUT2D eigenvalue weighted by Crippen LogP contribution is -2.44. The third kappa shape index (κ3) is 4.19. The van der Waals surface area contributed by atoms with E-state index < -0.39 is 0 Å². The van der Waals surface area contributed by atoms with Crippen molar-refractivity contribution < 1.29 is 19.0 Å². The lowest BCUT2D eigenvalue weighted by atomic mass is 9.88. The Balaban J connectivity index is 1.51. The zero-order valence-electron chi connectivity index (χ0n) is 15.1. The molecule has 8 heteroatoms. The second-order valence-electron chi connectivity index (χ2n) is 6.82. The number of aromatic nitrogens is 2. The lowest BCUT2D eigenvalue weighted by Gasteiger charge is -2.39. The third-order valence-corrected chi connectivity index (χ3v) is 4.95. The van der Waals surface area contributed by atoms with E-state index in [-0.39, 0.29) is 24.2 Å². The number of ether oxygens (including phenoxy) is 3. The first kappa shape index (κ1) is 17.9. The predicted molar refractivity (Wildman–Crippen MR) is 91.8 cm³/mol. The smallest absolute Gasteiger partial charge is 0.248 e. The molecule has 8 nitrogen and oxygen atoms in total. The number of rotatable bonds is 5. The summed E-state index contributed by atoms with van der Waals surface area (Å²) in [6.45, 7) is 2.40. The molecule has 0 aromatic carbocycles. The molecule has 1 aromatic rings. The van der Waals surface area contributed by atoms with Crippen LogP contribution >= 0.6 is 0 Å². The first-order chi connectivity index (χ1) is 12.0. The molecule has 25 heavy (non-hydrogen) atoms. The average molecular weight is 350 g/mol. The van der Waals surface area contributed by atoms with Crippen molar-refractivity contribution in [3.63, 3.8) is 0 Å². The van der Waals surface area contributed by atoms with Gasteiger partial charge in [-0.05, 0) is 12.8 Å². The molecule has 0 N–H and O–H groups in total. The molecule has 1 atom stereocenters. The highest BCUT2D eigenvalue weighted by Crippen LogP contribution is 2.38. The van der Waals surface area contributed by atoms with Gasteiger partial charge in [0.05, 0.1) is 25.4 Å². The van der Waals surface area contributed by atoms with E-state index in [1.54, 1.807) is 26.1 Å². The van der Waals surface area contributed by atoms with Gasteiger partial charge in [-0.2, -0.15) is 0 Å². The largest absolute Gasteiger partial charge is 0.481 e. The van der Waals surface area contributed by atoms with Gasteiger partial charge >= 0.3 is 0 Å². The summed E-state index contributed by atoms with van der Waals surface area (Å²) in [6.07, 6.45) is 4.20. The van der Waals surface area contributed by atoms with Gasteiger partial charge in [0.1, 0.15) is 18.8 Å². The maximum atomic E-state index is 11.7. The minimum absolute atomic E-state index is 0.00501. The van der Waals surface area contributed by atoms with E-state index in [9.17, 15) is 4.79 Å². The summed E-state index contributed by atoms with van der Waals surface area (Å²) in [5.41, 5.74) is -0.139. The van der Waals surface area contributed by atoms with Crippen LogP contribution in [0.4, 0.5) is 5.82 Å². The van der Waals surface area contributed by atoms with Crippen LogP contribution in [0.25, 0.3) is 0 Å². The molecule has 0 radical (unpaired) electrons. The molecule has 0 saturated carbocycles. The van der Waals surface area contributed by atoms with Crippen molar-refractivity contribution >= 4 is 11.7 Å². The van der Waals surface area contributed by atoms with E-state index in [1.807, 2.05) is 6.07 Å². The summed E-state index contributed by atoms with van der Waals surface area (Å²) in [7, 11) is 5.07. The van der Waals surface area contributed by atoms with Gasteiger partial charge in [0, 0.05) is 39.7 Å². The van der Waals surface area contributed by atoms with Crippen molar-refractivity contribution in [2.45, 2.75) is 31.0 Å². The fraction of sp³-hybridized carbons (Fsp3) is 0.706. The highest BCUT2D eigenvalue weighted by atomic mass is 16.6. The quantitative estimate of drug-likeness (QED) is 0.774. The number of carbonyl (C=O) groups excluding carboxylic acids is 1. The van der Waals surface area contributed by atoms with Gasteiger partial charge in [-0.3, -0.25) is 4.79 Å². The number of anilines is 1. The first-order valence-electron chi connectivity index (χ1n) is 8.58. The van der Waals surface area contributed by atoms with E-state index in [2.05, 4.69) is 14.9 Å². The van der Waals surface area contributed by atoms with Crippen LogP contribution in [0.5, 0.6) is 5.88 Å². The Morgan fingerprint density at radius 1 is 1.40 bits per heavy atom. The molecule has 0 bridgehead atoms. The summed E-state index contributed by atoms with van der Waals surface area (Å²) in [5, 5.41) is 0. The van der Waals surface area contributed by atoms with Crippen molar-refractivity contribution in [1.29, 1.82) is 0 Å². The zero-order chi connectivity index (χ0) is 17.9. The molecular formula is C17H26N4O4. The number of carbonyl (C=O) groups is 1. The molecule has 3 rings (SSSR count). The van der Waals surface area contributed by atoms with Crippen molar-refractivity contribution in [3.8, 4) is 5.88 Å². The van der Waals surface area contributed by atoms with E-state index in [0.717, 1.165) is 38.2 Å². The van der Waals surface area contributed by atoms with Gasteiger partial charge in [-0.15, -0.1) is 0 Å². The Morgan fingerprint density at radius 3 is 2.84 bits per heavy atom. The molecule has 138 valence electrons. The van der Waals surface area contributed by atoms with Gasteiger partial charge in [-0.25, -0.2) is 9.97 Å². The predicted octanol–water partition coefficient (Wildman–Crippen LogP) is 0.718. The summed E-state index contributed by atoms with van der Waals surface area (Å²) in [5.74, 6) is 1.43. The molecule has 2 saturated heterocycles. The second kappa shape index (κ2) is 7.53. The van der Waals surface area contributed by atoms with Gasteiger partial charge in [0.15, 0.2) is 0 Å². The van der Waals surface area contributed by atoms with Gasteiger partial charge < -0.3 is 24.0 Å². The third-order valence-electron chi connectivity index (χ3n) is 4.95. The highest BCUT2D eigenvalue weighted by molar-refractivity contribution is 5.76. The Labute approximate surface area is 148 Å². The standard InChI is InChI=1S/C17H26N4O4/c1-20(2)16(22)11-24-13-9-17(25-10-13)4-6-21(7-5-17)14-8-15(23-3)19-12-18-14/h8,12-13H,4-7,9-11H2,1-3H3/t13-/m0/s1. The minimum atomic E-state index is -0.139. The molecule has 3 heterocycles. The van der Waals surface area contributed by atoms with Crippen LogP contribution in [0.1, 0.15) is 19.3 Å². The SMILES string of the molecule is COc1cc(N2CCC3(CC2)C[C@H](OCC(=O)N(C)C)CO3)ncn1. The maximum Gasteiger partial charge on any atom is 0.248 e. The topological polar surface area (TPSA) is 77.0 Å². The summed E-state index contributed by atoms with van der Waals surface area (Å²) in [4.78, 5) is 23.8. The fourth-order valence-corrected chi connectivity index (χ4v) is 3.33. The van der Waals surface area contributed by atoms with E-state index in [4.69, 9.17) is 14.2 Å². The van der Waals surface area contributed by atoms with Crippen molar-refractivity contribution in [2.75, 3.05) is 52.4 Å². The summed E-state index contributed by atoms with van der Waals surface area (Å²) >= 11 is 0. The van der Waals surface area contributed by atoms with E-state index in [1.165, 1.54) is 6.33 Å². The molecule has 2 aliphatic heterocycles. The van der Waals surface area contributed by atoms with Crippen molar-refractivity contribution in [3.05, 3.63) is 12.4 Å². The molecule has 2 fully saturated rings. The first-order valence-corrected chi connectivity index (χ1v) is 8.58.